The Labute approximate surface area is 187 Å². The first kappa shape index (κ1) is 19.5. The molecule has 6 rings (SSSR count). The van der Waals surface area contributed by atoms with E-state index in [0.717, 1.165) is 43.7 Å². The van der Waals surface area contributed by atoms with E-state index in [1.807, 2.05) is 36.4 Å². The van der Waals surface area contributed by atoms with E-state index in [1.54, 1.807) is 4.80 Å². The summed E-state index contributed by atoms with van der Waals surface area (Å²) in [5.41, 5.74) is 2.96. The van der Waals surface area contributed by atoms with Gasteiger partial charge in [0, 0.05) is 5.39 Å². The Balaban J connectivity index is 1.57. The second kappa shape index (κ2) is 6.64. The molecule has 0 saturated carbocycles. The first-order valence-electron chi connectivity index (χ1n) is 11.0. The van der Waals surface area contributed by atoms with Crippen molar-refractivity contribution in [3.05, 3.63) is 72.8 Å². The summed E-state index contributed by atoms with van der Waals surface area (Å²) in [7, 11) is -0.404. The molecule has 1 aromatic heterocycles. The second-order valence-corrected chi connectivity index (χ2v) is 9.49. The fourth-order valence-electron chi connectivity index (χ4n) is 4.34. The lowest BCUT2D eigenvalue weighted by Crippen LogP contribution is -2.41. The monoisotopic (exact) mass is 421 g/mol. The molecule has 0 atom stereocenters. The summed E-state index contributed by atoms with van der Waals surface area (Å²) in [5.74, 6) is 0. The summed E-state index contributed by atoms with van der Waals surface area (Å²) in [5, 5.41) is 14.1. The third-order valence-electron chi connectivity index (χ3n) is 6.89. The summed E-state index contributed by atoms with van der Waals surface area (Å²) in [6.07, 6.45) is 0. The molecule has 6 heteroatoms. The van der Waals surface area contributed by atoms with Gasteiger partial charge in [-0.15, -0.1) is 10.2 Å². The second-order valence-electron chi connectivity index (χ2n) is 9.49. The van der Waals surface area contributed by atoms with Crippen molar-refractivity contribution >= 4 is 45.2 Å². The van der Waals surface area contributed by atoms with Crippen LogP contribution in [0.4, 0.5) is 0 Å². The molecule has 0 N–H and O–H groups in total. The number of nitrogens with zero attached hydrogens (tertiary/aromatic N) is 3. The molecule has 4 aromatic carbocycles. The molecule has 5 aromatic rings. The lowest BCUT2D eigenvalue weighted by atomic mass is 9.78. The van der Waals surface area contributed by atoms with Gasteiger partial charge in [-0.3, -0.25) is 0 Å². The number of hydrogen-bond acceptors (Lipinski definition) is 4. The normalized spacial score (nSPS) is 17.6. The van der Waals surface area contributed by atoms with Gasteiger partial charge in [0.15, 0.2) is 0 Å². The molecular weight excluding hydrogens is 397 g/mol. The van der Waals surface area contributed by atoms with Crippen molar-refractivity contribution in [1.82, 2.24) is 15.0 Å². The van der Waals surface area contributed by atoms with Crippen LogP contribution in [0.2, 0.25) is 0 Å². The highest BCUT2D eigenvalue weighted by Crippen LogP contribution is 2.37. The van der Waals surface area contributed by atoms with E-state index in [1.165, 1.54) is 0 Å². The van der Waals surface area contributed by atoms with Crippen molar-refractivity contribution in [1.29, 1.82) is 0 Å². The van der Waals surface area contributed by atoms with Crippen LogP contribution in [0.25, 0.3) is 38.3 Å². The molecule has 158 valence electrons. The van der Waals surface area contributed by atoms with Crippen LogP contribution in [0.15, 0.2) is 72.8 Å². The van der Waals surface area contributed by atoms with Gasteiger partial charge in [-0.1, -0.05) is 54.6 Å². The number of benzene rings is 4. The standard InChI is InChI=1S/C26H24BN3O2/c1-25(2)26(3,4)32-27(31-25)19-14-12-17-10-11-18-13-15-22-24(23(18)21(17)16-19)29-30(28-22)20-8-6-5-7-9-20/h5-16H,1-4H3. The minimum atomic E-state index is -0.404. The smallest absolute Gasteiger partial charge is 0.399 e. The highest BCUT2D eigenvalue weighted by Gasteiger charge is 2.51. The molecule has 32 heavy (non-hydrogen) atoms. The van der Waals surface area contributed by atoms with Gasteiger partial charge >= 0.3 is 7.12 Å². The van der Waals surface area contributed by atoms with Crippen molar-refractivity contribution in [3.63, 3.8) is 0 Å². The molecule has 1 aliphatic heterocycles. The minimum absolute atomic E-state index is 0.378. The van der Waals surface area contributed by atoms with Gasteiger partial charge in [0.25, 0.3) is 0 Å². The van der Waals surface area contributed by atoms with E-state index in [0.29, 0.717) is 0 Å². The van der Waals surface area contributed by atoms with Gasteiger partial charge in [0.05, 0.1) is 16.9 Å². The zero-order valence-corrected chi connectivity index (χ0v) is 18.7. The largest absolute Gasteiger partial charge is 0.494 e. The summed E-state index contributed by atoms with van der Waals surface area (Å²) in [6.45, 7) is 8.31. The topological polar surface area (TPSA) is 49.2 Å². The fourth-order valence-corrected chi connectivity index (χ4v) is 4.34. The van der Waals surface area contributed by atoms with E-state index in [-0.39, 0.29) is 11.2 Å². The van der Waals surface area contributed by atoms with Crippen LogP contribution in [-0.2, 0) is 9.31 Å². The zero-order chi connectivity index (χ0) is 22.1. The van der Waals surface area contributed by atoms with E-state index < -0.39 is 7.12 Å². The number of hydrogen-bond donors (Lipinski definition) is 0. The van der Waals surface area contributed by atoms with Gasteiger partial charge < -0.3 is 9.31 Å². The van der Waals surface area contributed by atoms with E-state index in [2.05, 4.69) is 64.1 Å². The van der Waals surface area contributed by atoms with Crippen LogP contribution in [0.3, 0.4) is 0 Å². The molecule has 0 amide bonds. The summed E-state index contributed by atoms with van der Waals surface area (Å²) < 4.78 is 12.6. The maximum Gasteiger partial charge on any atom is 0.494 e. The predicted molar refractivity (Wildman–Crippen MR) is 130 cm³/mol. The Morgan fingerprint density at radius 2 is 1.41 bits per heavy atom. The predicted octanol–water partition coefficient (Wildman–Crippen LogP) is 5.03. The van der Waals surface area contributed by atoms with Crippen molar-refractivity contribution in [2.24, 2.45) is 0 Å². The number of fused-ring (bicyclic) bond motifs is 5. The molecule has 1 aliphatic rings. The molecule has 2 heterocycles. The fraction of sp³-hybridized carbons (Fsp3) is 0.231. The highest BCUT2D eigenvalue weighted by molar-refractivity contribution is 6.62. The van der Waals surface area contributed by atoms with Crippen molar-refractivity contribution in [3.8, 4) is 5.69 Å². The van der Waals surface area contributed by atoms with Gasteiger partial charge in [0.1, 0.15) is 11.0 Å². The summed E-state index contributed by atoms with van der Waals surface area (Å²) in [4.78, 5) is 1.71. The van der Waals surface area contributed by atoms with Gasteiger partial charge in [-0.25, -0.2) is 0 Å². The molecular formula is C26H24BN3O2. The molecule has 0 unspecified atom stereocenters. The molecule has 0 aliphatic carbocycles. The van der Waals surface area contributed by atoms with Crippen LogP contribution in [0.5, 0.6) is 0 Å². The van der Waals surface area contributed by atoms with Gasteiger partial charge in [-0.2, -0.15) is 4.80 Å². The Bertz CT molecular complexity index is 1480. The average Bonchev–Trinajstić information content (AvgIpc) is 3.31. The molecule has 0 bridgehead atoms. The van der Waals surface area contributed by atoms with Crippen LogP contribution in [-0.4, -0.2) is 33.3 Å². The van der Waals surface area contributed by atoms with Crippen LogP contribution in [0.1, 0.15) is 27.7 Å². The van der Waals surface area contributed by atoms with Crippen molar-refractivity contribution in [2.75, 3.05) is 0 Å². The zero-order valence-electron chi connectivity index (χ0n) is 18.7. The lowest BCUT2D eigenvalue weighted by Gasteiger charge is -2.32. The van der Waals surface area contributed by atoms with Crippen LogP contribution < -0.4 is 5.46 Å². The van der Waals surface area contributed by atoms with Gasteiger partial charge in [-0.05, 0) is 67.5 Å². The lowest BCUT2D eigenvalue weighted by molar-refractivity contribution is 0.00578. The first-order valence-corrected chi connectivity index (χ1v) is 11.0. The third kappa shape index (κ3) is 2.87. The van der Waals surface area contributed by atoms with E-state index in [9.17, 15) is 0 Å². The number of para-hydroxylation sites is 1. The Morgan fingerprint density at radius 1 is 0.750 bits per heavy atom. The maximum absolute atomic E-state index is 6.31. The molecule has 0 radical (unpaired) electrons. The Morgan fingerprint density at radius 3 is 2.16 bits per heavy atom. The van der Waals surface area contributed by atoms with Gasteiger partial charge in [0.2, 0.25) is 0 Å². The molecule has 0 spiro atoms. The average molecular weight is 421 g/mol. The van der Waals surface area contributed by atoms with Crippen LogP contribution >= 0.6 is 0 Å². The van der Waals surface area contributed by atoms with Crippen molar-refractivity contribution < 1.29 is 9.31 Å². The number of rotatable bonds is 2. The van der Waals surface area contributed by atoms with Crippen molar-refractivity contribution in [2.45, 2.75) is 38.9 Å². The summed E-state index contributed by atoms with van der Waals surface area (Å²) >= 11 is 0. The Hall–Kier alpha value is -3.22. The molecule has 5 nitrogen and oxygen atoms in total. The molecule has 1 saturated heterocycles. The van der Waals surface area contributed by atoms with Crippen LogP contribution in [0, 0.1) is 0 Å². The SMILES string of the molecule is CC1(C)OB(c2ccc3ccc4ccc5nn(-c6ccccc6)nc5c4c3c2)OC1(C)C. The quantitative estimate of drug-likeness (QED) is 0.297. The first-order chi connectivity index (χ1) is 15.3. The minimum Gasteiger partial charge on any atom is -0.399 e. The number of aromatic nitrogens is 3. The van der Waals surface area contributed by atoms with E-state index >= 15 is 0 Å². The Kier molecular flexibility index (Phi) is 4.04. The molecule has 1 fully saturated rings. The maximum atomic E-state index is 6.31. The highest BCUT2D eigenvalue weighted by atomic mass is 16.7. The summed E-state index contributed by atoms with van der Waals surface area (Å²) in [6, 6.07) is 24.9. The van der Waals surface area contributed by atoms with E-state index in [4.69, 9.17) is 19.5 Å². The third-order valence-corrected chi connectivity index (χ3v) is 6.89.